The zero-order chi connectivity index (χ0) is 13.1. The van der Waals surface area contributed by atoms with Gasteiger partial charge in [-0.05, 0) is 12.1 Å². The van der Waals surface area contributed by atoms with Crippen molar-refractivity contribution in [1.29, 1.82) is 5.26 Å². The number of carbonyl (C=O) groups is 1. The van der Waals surface area contributed by atoms with Crippen molar-refractivity contribution in [2.75, 3.05) is 7.11 Å². The lowest BCUT2D eigenvalue weighted by Crippen LogP contribution is -2.10. The minimum absolute atomic E-state index is 0.0988. The zero-order valence-corrected chi connectivity index (χ0v) is 8.84. The number of ether oxygens (including phenoxy) is 1. The number of benzene rings is 1. The number of carbonyl (C=O) groups excluding carboxylic acids is 1. The Kier molecular flexibility index (Phi) is 3.73. The van der Waals surface area contributed by atoms with Gasteiger partial charge in [0, 0.05) is 11.1 Å². The SMILES string of the molecule is COc1cc(C=O)c(C(F)(F)F)cc1CC#N. The summed E-state index contributed by atoms with van der Waals surface area (Å²) in [6, 6.07) is 3.50. The van der Waals surface area contributed by atoms with Crippen molar-refractivity contribution < 1.29 is 22.7 Å². The summed E-state index contributed by atoms with van der Waals surface area (Å²) in [4.78, 5) is 10.6. The highest BCUT2D eigenvalue weighted by Crippen LogP contribution is 2.35. The van der Waals surface area contributed by atoms with Crippen LogP contribution in [0, 0.1) is 11.3 Å². The third-order valence-electron chi connectivity index (χ3n) is 2.15. The summed E-state index contributed by atoms with van der Waals surface area (Å²) < 4.78 is 42.7. The molecule has 0 aliphatic carbocycles. The van der Waals surface area contributed by atoms with Gasteiger partial charge < -0.3 is 4.74 Å². The molecule has 0 atom stereocenters. The van der Waals surface area contributed by atoms with Crippen molar-refractivity contribution in [1.82, 2.24) is 0 Å². The molecule has 0 spiro atoms. The molecule has 0 heterocycles. The molecule has 0 aliphatic rings. The summed E-state index contributed by atoms with van der Waals surface area (Å²) in [5.41, 5.74) is -1.46. The number of aldehydes is 1. The van der Waals surface area contributed by atoms with E-state index in [0.717, 1.165) is 12.1 Å². The Bertz CT molecular complexity index is 475. The second kappa shape index (κ2) is 4.87. The molecule has 0 aromatic heterocycles. The van der Waals surface area contributed by atoms with Crippen molar-refractivity contribution >= 4 is 6.29 Å². The number of hydrogen-bond acceptors (Lipinski definition) is 3. The molecule has 0 unspecified atom stereocenters. The standard InChI is InChI=1S/C11H8F3NO2/c1-17-10-5-8(6-16)9(11(12,13)14)4-7(10)2-3-15/h4-6H,2H2,1H3. The molecule has 0 bridgehead atoms. The molecule has 17 heavy (non-hydrogen) atoms. The lowest BCUT2D eigenvalue weighted by atomic mass is 10.0. The average molecular weight is 243 g/mol. The van der Waals surface area contributed by atoms with Gasteiger partial charge in [-0.25, -0.2) is 0 Å². The number of rotatable bonds is 3. The van der Waals surface area contributed by atoms with E-state index in [1.54, 1.807) is 6.07 Å². The predicted octanol–water partition coefficient (Wildman–Crippen LogP) is 2.59. The van der Waals surface area contributed by atoms with Crippen LogP contribution in [0.1, 0.15) is 21.5 Å². The van der Waals surface area contributed by atoms with E-state index in [1.807, 2.05) is 0 Å². The van der Waals surface area contributed by atoms with E-state index in [4.69, 9.17) is 10.00 Å². The maximum atomic E-state index is 12.6. The fourth-order valence-corrected chi connectivity index (χ4v) is 1.40. The highest BCUT2D eigenvalue weighted by molar-refractivity contribution is 5.79. The summed E-state index contributed by atoms with van der Waals surface area (Å²) in [5, 5.41) is 8.50. The Morgan fingerprint density at radius 2 is 2.12 bits per heavy atom. The van der Waals surface area contributed by atoms with E-state index in [0.29, 0.717) is 0 Å². The van der Waals surface area contributed by atoms with Crippen molar-refractivity contribution in [2.45, 2.75) is 12.6 Å². The van der Waals surface area contributed by atoms with E-state index >= 15 is 0 Å². The molecule has 3 nitrogen and oxygen atoms in total. The van der Waals surface area contributed by atoms with E-state index in [-0.39, 0.29) is 24.0 Å². The molecule has 0 N–H and O–H groups in total. The van der Waals surface area contributed by atoms with Gasteiger partial charge >= 0.3 is 6.18 Å². The van der Waals surface area contributed by atoms with Gasteiger partial charge in [-0.3, -0.25) is 4.79 Å². The molecule has 0 fully saturated rings. The van der Waals surface area contributed by atoms with Crippen molar-refractivity contribution in [2.24, 2.45) is 0 Å². The number of nitriles is 1. The molecule has 0 radical (unpaired) electrons. The number of nitrogens with zero attached hydrogens (tertiary/aromatic N) is 1. The van der Waals surface area contributed by atoms with Crippen LogP contribution in [0.2, 0.25) is 0 Å². The number of hydrogen-bond donors (Lipinski definition) is 0. The van der Waals surface area contributed by atoms with Gasteiger partial charge in [0.25, 0.3) is 0 Å². The van der Waals surface area contributed by atoms with E-state index < -0.39 is 17.3 Å². The van der Waals surface area contributed by atoms with Crippen LogP contribution in [0.4, 0.5) is 13.2 Å². The quantitative estimate of drug-likeness (QED) is 0.766. The molecular formula is C11H8F3NO2. The first-order chi connectivity index (χ1) is 7.93. The summed E-state index contributed by atoms with van der Waals surface area (Å²) in [6.45, 7) is 0. The molecule has 1 aromatic rings. The Labute approximate surface area is 95.4 Å². The summed E-state index contributed by atoms with van der Waals surface area (Å²) in [5.74, 6) is 0.0988. The molecule has 1 aromatic carbocycles. The van der Waals surface area contributed by atoms with Crippen LogP contribution in [0.15, 0.2) is 12.1 Å². The highest BCUT2D eigenvalue weighted by Gasteiger charge is 2.34. The second-order valence-electron chi connectivity index (χ2n) is 3.20. The number of halogens is 3. The van der Waals surface area contributed by atoms with Gasteiger partial charge in [-0.15, -0.1) is 0 Å². The Morgan fingerprint density at radius 1 is 1.47 bits per heavy atom. The first-order valence-electron chi connectivity index (χ1n) is 4.54. The maximum absolute atomic E-state index is 12.6. The monoisotopic (exact) mass is 243 g/mol. The number of methoxy groups -OCH3 is 1. The van der Waals surface area contributed by atoms with Crippen LogP contribution in [0.5, 0.6) is 5.75 Å². The minimum atomic E-state index is -4.63. The third-order valence-corrected chi connectivity index (χ3v) is 2.15. The van der Waals surface area contributed by atoms with Crippen molar-refractivity contribution in [3.63, 3.8) is 0 Å². The fraction of sp³-hybridized carbons (Fsp3) is 0.273. The van der Waals surface area contributed by atoms with E-state index in [1.165, 1.54) is 7.11 Å². The van der Waals surface area contributed by atoms with E-state index in [9.17, 15) is 18.0 Å². The number of alkyl halides is 3. The van der Waals surface area contributed by atoms with Gasteiger partial charge in [0.1, 0.15) is 5.75 Å². The Balaban J connectivity index is 3.45. The fourth-order valence-electron chi connectivity index (χ4n) is 1.40. The van der Waals surface area contributed by atoms with Crippen LogP contribution in [-0.4, -0.2) is 13.4 Å². The van der Waals surface area contributed by atoms with Gasteiger partial charge in [0.15, 0.2) is 6.29 Å². The van der Waals surface area contributed by atoms with Crippen molar-refractivity contribution in [3.8, 4) is 11.8 Å². The zero-order valence-electron chi connectivity index (χ0n) is 8.84. The minimum Gasteiger partial charge on any atom is -0.496 e. The molecule has 1 rings (SSSR count). The predicted molar refractivity (Wildman–Crippen MR) is 52.7 cm³/mol. The van der Waals surface area contributed by atoms with Gasteiger partial charge in [-0.1, -0.05) is 0 Å². The summed E-state index contributed by atoms with van der Waals surface area (Å²) in [7, 11) is 1.26. The highest BCUT2D eigenvalue weighted by atomic mass is 19.4. The van der Waals surface area contributed by atoms with Crippen LogP contribution in [0.25, 0.3) is 0 Å². The van der Waals surface area contributed by atoms with Gasteiger partial charge in [0.2, 0.25) is 0 Å². The summed E-state index contributed by atoms with van der Waals surface area (Å²) >= 11 is 0. The Hall–Kier alpha value is -2.03. The van der Waals surface area contributed by atoms with Crippen molar-refractivity contribution in [3.05, 3.63) is 28.8 Å². The topological polar surface area (TPSA) is 50.1 Å². The Morgan fingerprint density at radius 3 is 2.53 bits per heavy atom. The lowest BCUT2D eigenvalue weighted by Gasteiger charge is -2.13. The molecule has 0 saturated heterocycles. The molecule has 0 amide bonds. The maximum Gasteiger partial charge on any atom is 0.417 e. The largest absolute Gasteiger partial charge is 0.496 e. The summed E-state index contributed by atoms with van der Waals surface area (Å²) in [6.07, 6.45) is -4.74. The molecule has 0 saturated carbocycles. The van der Waals surface area contributed by atoms with Gasteiger partial charge in [-0.2, -0.15) is 18.4 Å². The first kappa shape index (κ1) is 13.0. The average Bonchev–Trinajstić information content (AvgIpc) is 2.27. The van der Waals surface area contributed by atoms with E-state index in [2.05, 4.69) is 0 Å². The van der Waals surface area contributed by atoms with Gasteiger partial charge in [0.05, 0.1) is 25.2 Å². The molecule has 6 heteroatoms. The lowest BCUT2D eigenvalue weighted by molar-refractivity contribution is -0.137. The van der Waals surface area contributed by atoms with Crippen LogP contribution in [0.3, 0.4) is 0 Å². The van der Waals surface area contributed by atoms with Crippen LogP contribution >= 0.6 is 0 Å². The molecule has 0 aliphatic heterocycles. The molecule has 90 valence electrons. The smallest absolute Gasteiger partial charge is 0.417 e. The van der Waals surface area contributed by atoms with Crippen LogP contribution < -0.4 is 4.74 Å². The van der Waals surface area contributed by atoms with Crippen LogP contribution in [-0.2, 0) is 12.6 Å². The second-order valence-corrected chi connectivity index (χ2v) is 3.20. The third kappa shape index (κ3) is 2.75. The molecular weight excluding hydrogens is 235 g/mol. The normalized spacial score (nSPS) is 10.8. The first-order valence-corrected chi connectivity index (χ1v) is 4.54.